The summed E-state index contributed by atoms with van der Waals surface area (Å²) in [5.41, 5.74) is 4.08. The summed E-state index contributed by atoms with van der Waals surface area (Å²) >= 11 is 3.18. The first kappa shape index (κ1) is 22.4. The smallest absolute Gasteiger partial charge is 0.229 e. The van der Waals surface area contributed by atoms with Gasteiger partial charge in [-0.05, 0) is 79.6 Å². The fourth-order valence-electron chi connectivity index (χ4n) is 3.48. The molecule has 2 aromatic carbocycles. The van der Waals surface area contributed by atoms with Gasteiger partial charge in [0.05, 0.1) is 22.5 Å². The molecule has 0 spiro atoms. The number of pyridine rings is 1. The highest BCUT2D eigenvalue weighted by molar-refractivity contribution is 7.99. The third-order valence-corrected chi connectivity index (χ3v) is 7.33. The van der Waals surface area contributed by atoms with Gasteiger partial charge in [0.1, 0.15) is 5.82 Å². The predicted molar refractivity (Wildman–Crippen MR) is 131 cm³/mol. The molecule has 0 fully saturated rings. The number of carbonyl (C=O) groups is 1. The third kappa shape index (κ3) is 5.53. The van der Waals surface area contributed by atoms with E-state index in [1.54, 1.807) is 46.3 Å². The lowest BCUT2D eigenvalue weighted by atomic mass is 10.1. The Morgan fingerprint density at radius 2 is 1.94 bits per heavy atom. The molecule has 4 nitrogen and oxygen atoms in total. The van der Waals surface area contributed by atoms with Crippen molar-refractivity contribution < 1.29 is 9.18 Å². The zero-order chi connectivity index (χ0) is 22.5. The lowest BCUT2D eigenvalue weighted by Crippen LogP contribution is -2.30. The van der Waals surface area contributed by atoms with Crippen LogP contribution in [0.1, 0.15) is 29.7 Å². The van der Waals surface area contributed by atoms with Crippen molar-refractivity contribution in [3.63, 3.8) is 0 Å². The molecule has 0 atom stereocenters. The van der Waals surface area contributed by atoms with Crippen LogP contribution in [0.25, 0.3) is 10.2 Å². The van der Waals surface area contributed by atoms with Gasteiger partial charge >= 0.3 is 0 Å². The van der Waals surface area contributed by atoms with Crippen LogP contribution < -0.4 is 4.90 Å². The summed E-state index contributed by atoms with van der Waals surface area (Å²) in [6.45, 7) is 4.53. The molecule has 0 aliphatic rings. The Morgan fingerprint density at radius 3 is 2.69 bits per heavy atom. The van der Waals surface area contributed by atoms with Crippen LogP contribution in [0, 0.1) is 19.7 Å². The molecule has 0 bridgehead atoms. The number of thioether (sulfide) groups is 1. The second-order valence-electron chi connectivity index (χ2n) is 7.63. The van der Waals surface area contributed by atoms with Gasteiger partial charge in [-0.25, -0.2) is 9.37 Å². The number of thiazole rings is 1. The van der Waals surface area contributed by atoms with Crippen LogP contribution in [-0.2, 0) is 11.3 Å². The molecule has 2 heterocycles. The van der Waals surface area contributed by atoms with Crippen LogP contribution in [0.2, 0.25) is 0 Å². The molecular weight excluding hydrogens is 441 g/mol. The molecule has 164 valence electrons. The number of rotatable bonds is 8. The summed E-state index contributed by atoms with van der Waals surface area (Å²) in [5.74, 6) is 0.576. The predicted octanol–water partition coefficient (Wildman–Crippen LogP) is 6.55. The quantitative estimate of drug-likeness (QED) is 0.219. The minimum Gasteiger partial charge on any atom is -0.282 e. The summed E-state index contributed by atoms with van der Waals surface area (Å²) in [6.07, 6.45) is 2.88. The van der Waals surface area contributed by atoms with Crippen molar-refractivity contribution in [1.29, 1.82) is 0 Å². The molecule has 0 aliphatic heterocycles. The van der Waals surface area contributed by atoms with Gasteiger partial charge in [0.2, 0.25) is 5.91 Å². The van der Waals surface area contributed by atoms with Crippen LogP contribution in [0.3, 0.4) is 0 Å². The standard InChI is InChI=1S/C25H24FN3OS2/c1-17-14-18(2)24-22(15-17)28-25(32-24)29(16-20-6-3-4-12-27-20)23(30)7-5-13-31-21-10-8-19(26)9-11-21/h3-4,6,8-12,14-15H,5,7,13,16H2,1-2H3. The van der Waals surface area contributed by atoms with Gasteiger partial charge in [-0.1, -0.05) is 23.5 Å². The highest BCUT2D eigenvalue weighted by Gasteiger charge is 2.21. The first-order valence-electron chi connectivity index (χ1n) is 10.5. The normalized spacial score (nSPS) is 11.1. The van der Waals surface area contributed by atoms with Crippen molar-refractivity contribution in [2.24, 2.45) is 0 Å². The number of nitrogens with zero attached hydrogens (tertiary/aromatic N) is 3. The number of aryl methyl sites for hydroxylation is 2. The maximum absolute atomic E-state index is 13.2. The monoisotopic (exact) mass is 465 g/mol. The number of aromatic nitrogens is 2. The van der Waals surface area contributed by atoms with Crippen molar-refractivity contribution in [2.75, 3.05) is 10.7 Å². The summed E-state index contributed by atoms with van der Waals surface area (Å²) in [7, 11) is 0. The van der Waals surface area contributed by atoms with E-state index < -0.39 is 0 Å². The van der Waals surface area contributed by atoms with Crippen LogP contribution >= 0.6 is 23.1 Å². The van der Waals surface area contributed by atoms with Gasteiger partial charge in [-0.15, -0.1) is 11.8 Å². The van der Waals surface area contributed by atoms with E-state index in [4.69, 9.17) is 4.98 Å². The number of hydrogen-bond acceptors (Lipinski definition) is 5. The molecule has 0 unspecified atom stereocenters. The van der Waals surface area contributed by atoms with E-state index in [0.717, 1.165) is 38.5 Å². The Morgan fingerprint density at radius 1 is 1.12 bits per heavy atom. The Labute approximate surface area is 195 Å². The number of hydrogen-bond donors (Lipinski definition) is 0. The van der Waals surface area contributed by atoms with Crippen molar-refractivity contribution in [2.45, 2.75) is 38.1 Å². The van der Waals surface area contributed by atoms with Crippen LogP contribution in [0.5, 0.6) is 0 Å². The van der Waals surface area contributed by atoms with E-state index in [2.05, 4.69) is 31.0 Å². The van der Waals surface area contributed by atoms with Crippen molar-refractivity contribution in [1.82, 2.24) is 9.97 Å². The highest BCUT2D eigenvalue weighted by Crippen LogP contribution is 2.33. The van der Waals surface area contributed by atoms with Gasteiger partial charge in [0, 0.05) is 17.5 Å². The largest absolute Gasteiger partial charge is 0.282 e. The number of fused-ring (bicyclic) bond motifs is 1. The van der Waals surface area contributed by atoms with Crippen molar-refractivity contribution in [3.05, 3.63) is 83.4 Å². The molecule has 4 rings (SSSR count). The second kappa shape index (κ2) is 10.2. The molecule has 1 amide bonds. The molecule has 2 aromatic heterocycles. The number of halogens is 1. The Bertz CT molecular complexity index is 1210. The van der Waals surface area contributed by atoms with Gasteiger partial charge in [-0.2, -0.15) is 0 Å². The lowest BCUT2D eigenvalue weighted by Gasteiger charge is -2.19. The fraction of sp³-hybridized carbons (Fsp3) is 0.240. The van der Waals surface area contributed by atoms with Gasteiger partial charge in [-0.3, -0.25) is 14.7 Å². The molecule has 0 saturated carbocycles. The van der Waals surface area contributed by atoms with E-state index >= 15 is 0 Å². The summed E-state index contributed by atoms with van der Waals surface area (Å²) < 4.78 is 14.2. The van der Waals surface area contributed by atoms with E-state index in [9.17, 15) is 9.18 Å². The second-order valence-corrected chi connectivity index (χ2v) is 9.78. The van der Waals surface area contributed by atoms with Gasteiger partial charge in [0.25, 0.3) is 0 Å². The Hall–Kier alpha value is -2.77. The molecule has 0 radical (unpaired) electrons. The minimum absolute atomic E-state index is 0.0313. The maximum atomic E-state index is 13.2. The number of benzene rings is 2. The summed E-state index contributed by atoms with van der Waals surface area (Å²) in [4.78, 5) is 25.2. The average Bonchev–Trinajstić information content (AvgIpc) is 3.21. The average molecular weight is 466 g/mol. The Balaban J connectivity index is 1.49. The van der Waals surface area contributed by atoms with Crippen molar-refractivity contribution >= 4 is 44.4 Å². The number of anilines is 1. The summed E-state index contributed by atoms with van der Waals surface area (Å²) in [6, 6.07) is 16.4. The van der Waals surface area contributed by atoms with E-state index in [1.165, 1.54) is 17.7 Å². The molecule has 0 saturated heterocycles. The topological polar surface area (TPSA) is 46.1 Å². The zero-order valence-corrected chi connectivity index (χ0v) is 19.7. The number of amides is 1. The van der Waals surface area contributed by atoms with Crippen LogP contribution in [-0.4, -0.2) is 21.6 Å². The van der Waals surface area contributed by atoms with E-state index in [1.807, 2.05) is 18.2 Å². The zero-order valence-electron chi connectivity index (χ0n) is 18.0. The maximum Gasteiger partial charge on any atom is 0.229 e. The van der Waals surface area contributed by atoms with Gasteiger partial charge in [0.15, 0.2) is 5.13 Å². The third-order valence-electron chi connectivity index (χ3n) is 5.00. The molecule has 32 heavy (non-hydrogen) atoms. The highest BCUT2D eigenvalue weighted by atomic mass is 32.2. The molecule has 0 aliphatic carbocycles. The molecule has 4 aromatic rings. The van der Waals surface area contributed by atoms with E-state index in [0.29, 0.717) is 18.1 Å². The minimum atomic E-state index is -0.240. The first-order valence-corrected chi connectivity index (χ1v) is 12.3. The summed E-state index contributed by atoms with van der Waals surface area (Å²) in [5, 5.41) is 0.704. The molecule has 0 N–H and O–H groups in total. The Kier molecular flexibility index (Phi) is 7.17. The number of carbonyl (C=O) groups excluding carboxylic acids is 1. The molecule has 7 heteroatoms. The lowest BCUT2D eigenvalue weighted by molar-refractivity contribution is -0.118. The van der Waals surface area contributed by atoms with Crippen LogP contribution in [0.4, 0.5) is 9.52 Å². The van der Waals surface area contributed by atoms with Gasteiger partial charge < -0.3 is 0 Å². The SMILES string of the molecule is Cc1cc(C)c2sc(N(Cc3ccccn3)C(=O)CCCSc3ccc(F)cc3)nc2c1. The molecular formula is C25H24FN3OS2. The fourth-order valence-corrected chi connectivity index (χ4v) is 5.36. The van der Waals surface area contributed by atoms with Crippen molar-refractivity contribution in [3.8, 4) is 0 Å². The first-order chi connectivity index (χ1) is 15.5. The van der Waals surface area contributed by atoms with E-state index in [-0.39, 0.29) is 11.7 Å². The van der Waals surface area contributed by atoms with Crippen LogP contribution in [0.15, 0.2) is 65.7 Å².